The van der Waals surface area contributed by atoms with Gasteiger partial charge in [0.15, 0.2) is 5.11 Å². The summed E-state index contributed by atoms with van der Waals surface area (Å²) in [5.74, 6) is 0.602. The third-order valence-corrected chi connectivity index (χ3v) is 4.60. The lowest BCUT2D eigenvalue weighted by molar-refractivity contribution is 0.114. The fraction of sp³-hybridized carbons (Fsp3) is 0.421. The Bertz CT molecular complexity index is 827. The van der Waals surface area contributed by atoms with Gasteiger partial charge in [-0.25, -0.2) is 4.98 Å². The molecule has 136 valence electrons. The first kappa shape index (κ1) is 18.4. The maximum atomic E-state index is 9.36. The van der Waals surface area contributed by atoms with Crippen LogP contribution in [0.25, 0.3) is 10.9 Å². The summed E-state index contributed by atoms with van der Waals surface area (Å²) < 4.78 is 5.55. The van der Waals surface area contributed by atoms with Crippen LogP contribution in [0, 0.1) is 18.3 Å². The molecule has 1 aromatic carbocycles. The molecule has 7 heteroatoms. The molecule has 0 unspecified atom stereocenters. The van der Waals surface area contributed by atoms with Crippen molar-refractivity contribution < 1.29 is 4.74 Å². The summed E-state index contributed by atoms with van der Waals surface area (Å²) in [6.07, 6.45) is 2.47. The van der Waals surface area contributed by atoms with Crippen LogP contribution in [0.1, 0.15) is 24.0 Å². The second-order valence-electron chi connectivity index (χ2n) is 6.39. The summed E-state index contributed by atoms with van der Waals surface area (Å²) in [6, 6.07) is 10.1. The molecule has 0 bridgehead atoms. The van der Waals surface area contributed by atoms with Crippen LogP contribution >= 0.6 is 12.2 Å². The van der Waals surface area contributed by atoms with E-state index in [4.69, 9.17) is 17.0 Å². The Hall–Kier alpha value is -2.43. The van der Waals surface area contributed by atoms with Gasteiger partial charge < -0.3 is 20.7 Å². The van der Waals surface area contributed by atoms with E-state index in [1.54, 1.807) is 0 Å². The molecule has 2 heterocycles. The van der Waals surface area contributed by atoms with E-state index in [2.05, 4.69) is 27.0 Å². The molecule has 3 rings (SSSR count). The van der Waals surface area contributed by atoms with Crippen LogP contribution in [-0.2, 0) is 4.74 Å². The summed E-state index contributed by atoms with van der Waals surface area (Å²) in [7, 11) is 0. The highest BCUT2D eigenvalue weighted by molar-refractivity contribution is 7.80. The molecule has 2 aromatic rings. The maximum Gasteiger partial charge on any atom is 0.166 e. The molecule has 1 aliphatic rings. The molecular weight excluding hydrogens is 346 g/mol. The van der Waals surface area contributed by atoms with Gasteiger partial charge in [-0.2, -0.15) is 5.26 Å². The summed E-state index contributed by atoms with van der Waals surface area (Å²) in [5.41, 5.74) is 2.57. The van der Waals surface area contributed by atoms with E-state index < -0.39 is 0 Å². The van der Waals surface area contributed by atoms with Gasteiger partial charge in [0.1, 0.15) is 11.9 Å². The first-order valence-corrected chi connectivity index (χ1v) is 9.25. The van der Waals surface area contributed by atoms with Gasteiger partial charge >= 0.3 is 0 Å². The Kier molecular flexibility index (Phi) is 6.21. The van der Waals surface area contributed by atoms with E-state index >= 15 is 0 Å². The van der Waals surface area contributed by atoms with Gasteiger partial charge in [-0.15, -0.1) is 0 Å². The molecule has 1 aliphatic heterocycles. The highest BCUT2D eigenvalue weighted by atomic mass is 32.1. The minimum absolute atomic E-state index is 0.260. The average Bonchev–Trinajstić information content (AvgIpc) is 3.16. The number of nitrogens with one attached hydrogen (secondary N) is 3. The first-order valence-electron chi connectivity index (χ1n) is 8.84. The molecule has 0 radical (unpaired) electrons. The Balaban J connectivity index is 1.49. The fourth-order valence-corrected chi connectivity index (χ4v) is 3.11. The van der Waals surface area contributed by atoms with Crippen LogP contribution in [-0.4, -0.2) is 42.4 Å². The largest absolute Gasteiger partial charge is 0.376 e. The lowest BCUT2D eigenvalue weighted by Crippen LogP contribution is -2.41. The van der Waals surface area contributed by atoms with Crippen molar-refractivity contribution in [1.29, 1.82) is 5.26 Å². The number of fused-ring (bicyclic) bond motifs is 1. The lowest BCUT2D eigenvalue weighted by Gasteiger charge is -2.14. The van der Waals surface area contributed by atoms with Crippen molar-refractivity contribution in [3.05, 3.63) is 35.4 Å². The number of hydrogen-bond acceptors (Lipinski definition) is 5. The SMILES string of the molecule is Cc1ccc2cc(C#N)c(NCCNC(=S)NC[C@@H]3CCCO3)nc2c1. The van der Waals surface area contributed by atoms with Gasteiger partial charge in [0.2, 0.25) is 0 Å². The highest BCUT2D eigenvalue weighted by Gasteiger charge is 2.15. The Labute approximate surface area is 158 Å². The number of aromatic nitrogens is 1. The summed E-state index contributed by atoms with van der Waals surface area (Å²) in [4.78, 5) is 4.59. The van der Waals surface area contributed by atoms with Crippen molar-refractivity contribution in [2.75, 3.05) is 31.6 Å². The molecule has 0 saturated carbocycles. The quantitative estimate of drug-likeness (QED) is 0.533. The number of hydrogen-bond donors (Lipinski definition) is 3. The summed E-state index contributed by atoms with van der Waals surface area (Å²) in [5, 5.41) is 20.5. The molecule has 0 aliphatic carbocycles. The topological polar surface area (TPSA) is 82.0 Å². The molecule has 0 spiro atoms. The van der Waals surface area contributed by atoms with Crippen molar-refractivity contribution >= 4 is 34.1 Å². The average molecular weight is 369 g/mol. The zero-order valence-electron chi connectivity index (χ0n) is 14.8. The number of ether oxygens (including phenoxy) is 1. The number of thiocarbonyl (C=S) groups is 1. The number of anilines is 1. The second kappa shape index (κ2) is 8.79. The number of aryl methyl sites for hydroxylation is 1. The van der Waals surface area contributed by atoms with Gasteiger partial charge in [0.05, 0.1) is 17.2 Å². The highest BCUT2D eigenvalue weighted by Crippen LogP contribution is 2.20. The molecule has 1 atom stereocenters. The molecule has 1 aromatic heterocycles. The van der Waals surface area contributed by atoms with Crippen LogP contribution in [0.15, 0.2) is 24.3 Å². The van der Waals surface area contributed by atoms with Crippen molar-refractivity contribution in [3.63, 3.8) is 0 Å². The van der Waals surface area contributed by atoms with Crippen LogP contribution in [0.4, 0.5) is 5.82 Å². The third-order valence-electron chi connectivity index (χ3n) is 4.31. The van der Waals surface area contributed by atoms with Crippen molar-refractivity contribution in [2.24, 2.45) is 0 Å². The van der Waals surface area contributed by atoms with Gasteiger partial charge in [-0.1, -0.05) is 12.1 Å². The maximum absolute atomic E-state index is 9.36. The number of benzene rings is 1. The molecule has 1 saturated heterocycles. The number of nitriles is 1. The van der Waals surface area contributed by atoms with Crippen molar-refractivity contribution in [1.82, 2.24) is 15.6 Å². The van der Waals surface area contributed by atoms with Crippen LogP contribution in [0.2, 0.25) is 0 Å². The van der Waals surface area contributed by atoms with E-state index in [-0.39, 0.29) is 6.10 Å². The predicted molar refractivity (Wildman–Crippen MR) is 107 cm³/mol. The van der Waals surface area contributed by atoms with E-state index in [1.807, 2.05) is 31.2 Å². The minimum atomic E-state index is 0.260. The van der Waals surface area contributed by atoms with E-state index in [0.29, 0.717) is 29.6 Å². The van der Waals surface area contributed by atoms with E-state index in [1.165, 1.54) is 0 Å². The second-order valence-corrected chi connectivity index (χ2v) is 6.80. The monoisotopic (exact) mass is 369 g/mol. The summed E-state index contributed by atoms with van der Waals surface area (Å²) in [6.45, 7) is 4.86. The van der Waals surface area contributed by atoms with Crippen LogP contribution in [0.5, 0.6) is 0 Å². The molecule has 0 amide bonds. The van der Waals surface area contributed by atoms with Crippen LogP contribution < -0.4 is 16.0 Å². The van der Waals surface area contributed by atoms with E-state index in [0.717, 1.165) is 42.5 Å². The lowest BCUT2D eigenvalue weighted by atomic mass is 10.1. The summed E-state index contributed by atoms with van der Waals surface area (Å²) >= 11 is 5.27. The normalized spacial score (nSPS) is 16.2. The Morgan fingerprint density at radius 1 is 1.35 bits per heavy atom. The Morgan fingerprint density at radius 2 is 2.23 bits per heavy atom. The smallest absolute Gasteiger partial charge is 0.166 e. The molecule has 26 heavy (non-hydrogen) atoms. The molecular formula is C19H23N5OS. The van der Waals surface area contributed by atoms with E-state index in [9.17, 15) is 5.26 Å². The first-order chi connectivity index (χ1) is 12.7. The van der Waals surface area contributed by atoms with Crippen LogP contribution in [0.3, 0.4) is 0 Å². The van der Waals surface area contributed by atoms with Gasteiger partial charge in [-0.05, 0) is 49.7 Å². The standard InChI is InChI=1S/C19H23N5OS/c1-13-4-5-14-10-15(11-20)18(24-17(14)9-13)21-6-7-22-19(26)23-12-16-3-2-8-25-16/h4-5,9-10,16H,2-3,6-8,12H2,1H3,(H,21,24)(H2,22,23,26)/t16-/m0/s1. The molecule has 1 fully saturated rings. The number of rotatable bonds is 6. The van der Waals surface area contributed by atoms with Gasteiger partial charge in [0.25, 0.3) is 0 Å². The van der Waals surface area contributed by atoms with Crippen molar-refractivity contribution in [3.8, 4) is 6.07 Å². The van der Waals surface area contributed by atoms with Gasteiger partial charge in [-0.3, -0.25) is 0 Å². The minimum Gasteiger partial charge on any atom is -0.376 e. The Morgan fingerprint density at radius 3 is 3.00 bits per heavy atom. The fourth-order valence-electron chi connectivity index (χ4n) is 2.93. The molecule has 6 nitrogen and oxygen atoms in total. The van der Waals surface area contributed by atoms with Gasteiger partial charge in [0, 0.05) is 31.6 Å². The van der Waals surface area contributed by atoms with Crippen molar-refractivity contribution in [2.45, 2.75) is 25.9 Å². The number of nitrogens with zero attached hydrogens (tertiary/aromatic N) is 2. The zero-order valence-corrected chi connectivity index (χ0v) is 15.7. The number of pyridine rings is 1. The molecule has 3 N–H and O–H groups in total. The third kappa shape index (κ3) is 4.81. The zero-order chi connectivity index (χ0) is 18.4. The predicted octanol–water partition coefficient (Wildman–Crippen LogP) is 2.47.